The van der Waals surface area contributed by atoms with E-state index < -0.39 is 10.0 Å². The van der Waals surface area contributed by atoms with Crippen LogP contribution in [0.2, 0.25) is 0 Å². The zero-order valence-electron chi connectivity index (χ0n) is 16.6. The van der Waals surface area contributed by atoms with Gasteiger partial charge in [0.05, 0.1) is 4.90 Å². The standard InChI is InChI=1S/C20H31N3O3S.ClH/c1-14-11-15(2)13-23(12-14)27(25,26)19-9-3-16(4-10-19)20(24)22-18-7-5-17(21)6-8-18;/h3-4,9-10,14-15,17-18H,5-8,11-13,21H2,1-2H3,(H,22,24);1H. The minimum atomic E-state index is -3.52. The van der Waals surface area contributed by atoms with Crippen molar-refractivity contribution in [1.29, 1.82) is 0 Å². The van der Waals surface area contributed by atoms with Crippen LogP contribution >= 0.6 is 12.4 Å². The molecular formula is C20H32ClN3O3S. The summed E-state index contributed by atoms with van der Waals surface area (Å²) in [7, 11) is -3.52. The Morgan fingerprint density at radius 3 is 2.11 bits per heavy atom. The molecule has 0 aromatic heterocycles. The lowest BCUT2D eigenvalue weighted by atomic mass is 9.91. The first-order valence-corrected chi connectivity index (χ1v) is 11.4. The molecule has 158 valence electrons. The third-order valence-electron chi connectivity index (χ3n) is 5.70. The number of halogens is 1. The van der Waals surface area contributed by atoms with Crippen molar-refractivity contribution in [1.82, 2.24) is 9.62 Å². The van der Waals surface area contributed by atoms with Gasteiger partial charge in [-0.3, -0.25) is 4.79 Å². The molecule has 1 saturated heterocycles. The van der Waals surface area contributed by atoms with Gasteiger partial charge in [-0.2, -0.15) is 4.31 Å². The Morgan fingerprint density at radius 1 is 1.04 bits per heavy atom. The van der Waals surface area contributed by atoms with Crippen molar-refractivity contribution in [3.8, 4) is 0 Å². The molecule has 1 saturated carbocycles. The molecule has 2 atom stereocenters. The molecule has 2 fully saturated rings. The molecule has 1 aliphatic heterocycles. The number of nitrogens with one attached hydrogen (secondary N) is 1. The van der Waals surface area contributed by atoms with E-state index in [2.05, 4.69) is 19.2 Å². The predicted molar refractivity (Wildman–Crippen MR) is 113 cm³/mol. The number of carbonyl (C=O) groups excluding carboxylic acids is 1. The molecule has 1 amide bonds. The molecule has 8 heteroatoms. The highest BCUT2D eigenvalue weighted by atomic mass is 35.5. The van der Waals surface area contributed by atoms with E-state index in [1.807, 2.05) is 0 Å². The molecule has 1 aromatic rings. The smallest absolute Gasteiger partial charge is 0.251 e. The van der Waals surface area contributed by atoms with Crippen molar-refractivity contribution in [3.63, 3.8) is 0 Å². The van der Waals surface area contributed by atoms with Crippen molar-refractivity contribution >= 4 is 28.3 Å². The Bertz CT molecular complexity index is 751. The molecule has 0 radical (unpaired) electrons. The molecule has 1 aromatic carbocycles. The highest BCUT2D eigenvalue weighted by Gasteiger charge is 2.31. The van der Waals surface area contributed by atoms with Crippen LogP contribution < -0.4 is 11.1 Å². The maximum Gasteiger partial charge on any atom is 0.251 e. The van der Waals surface area contributed by atoms with Crippen LogP contribution in [0.1, 0.15) is 56.3 Å². The maximum absolute atomic E-state index is 12.9. The minimum absolute atomic E-state index is 0. The molecule has 3 N–H and O–H groups in total. The van der Waals surface area contributed by atoms with Crippen LogP contribution in [0.3, 0.4) is 0 Å². The van der Waals surface area contributed by atoms with Crippen LogP contribution in [-0.4, -0.2) is 43.8 Å². The van der Waals surface area contributed by atoms with Gasteiger partial charge in [0.15, 0.2) is 0 Å². The van der Waals surface area contributed by atoms with Gasteiger partial charge in [-0.1, -0.05) is 13.8 Å². The van der Waals surface area contributed by atoms with E-state index in [1.54, 1.807) is 28.6 Å². The second kappa shape index (κ2) is 9.57. The van der Waals surface area contributed by atoms with Crippen LogP contribution in [0.5, 0.6) is 0 Å². The van der Waals surface area contributed by atoms with Gasteiger partial charge in [-0.05, 0) is 68.2 Å². The van der Waals surface area contributed by atoms with Crippen molar-refractivity contribution in [2.24, 2.45) is 17.6 Å². The highest BCUT2D eigenvalue weighted by molar-refractivity contribution is 7.89. The minimum Gasteiger partial charge on any atom is -0.349 e. The number of nitrogens with two attached hydrogens (primary N) is 1. The van der Waals surface area contributed by atoms with Gasteiger partial charge in [0.25, 0.3) is 5.91 Å². The van der Waals surface area contributed by atoms with Crippen LogP contribution in [0.4, 0.5) is 0 Å². The maximum atomic E-state index is 12.9. The number of nitrogens with zero attached hydrogens (tertiary/aromatic N) is 1. The summed E-state index contributed by atoms with van der Waals surface area (Å²) in [6.07, 6.45) is 4.69. The average molecular weight is 430 g/mol. The van der Waals surface area contributed by atoms with Gasteiger partial charge < -0.3 is 11.1 Å². The Morgan fingerprint density at radius 2 is 1.57 bits per heavy atom. The Kier molecular flexibility index (Phi) is 7.90. The molecule has 6 nitrogen and oxygen atoms in total. The fourth-order valence-corrected chi connectivity index (χ4v) is 5.94. The normalized spacial score (nSPS) is 29.0. The summed E-state index contributed by atoms with van der Waals surface area (Å²) in [6.45, 7) is 5.28. The number of sulfonamides is 1. The lowest BCUT2D eigenvalue weighted by Crippen LogP contribution is -2.42. The van der Waals surface area contributed by atoms with E-state index >= 15 is 0 Å². The van der Waals surface area contributed by atoms with E-state index in [0.29, 0.717) is 30.5 Å². The Balaban J connectivity index is 0.00000280. The quantitative estimate of drug-likeness (QED) is 0.769. The van der Waals surface area contributed by atoms with Gasteiger partial charge in [-0.15, -0.1) is 12.4 Å². The molecule has 2 aliphatic rings. The largest absolute Gasteiger partial charge is 0.349 e. The molecule has 1 aliphatic carbocycles. The number of benzene rings is 1. The molecule has 0 spiro atoms. The van der Waals surface area contributed by atoms with E-state index in [4.69, 9.17) is 5.73 Å². The highest BCUT2D eigenvalue weighted by Crippen LogP contribution is 2.27. The van der Waals surface area contributed by atoms with Crippen molar-refractivity contribution in [3.05, 3.63) is 29.8 Å². The van der Waals surface area contributed by atoms with Gasteiger partial charge in [-0.25, -0.2) is 8.42 Å². The molecule has 3 rings (SSSR count). The van der Waals surface area contributed by atoms with Crippen molar-refractivity contribution < 1.29 is 13.2 Å². The van der Waals surface area contributed by atoms with Crippen molar-refractivity contribution in [2.75, 3.05) is 13.1 Å². The molecule has 1 heterocycles. The van der Waals surface area contributed by atoms with Gasteiger partial charge in [0.2, 0.25) is 10.0 Å². The number of carbonyl (C=O) groups is 1. The van der Waals surface area contributed by atoms with Crippen LogP contribution in [0.25, 0.3) is 0 Å². The monoisotopic (exact) mass is 429 g/mol. The fraction of sp³-hybridized carbons (Fsp3) is 0.650. The van der Waals surface area contributed by atoms with E-state index in [1.165, 1.54) is 0 Å². The van der Waals surface area contributed by atoms with Gasteiger partial charge in [0.1, 0.15) is 0 Å². The zero-order chi connectivity index (χ0) is 19.6. The first-order valence-electron chi connectivity index (χ1n) is 9.92. The summed E-state index contributed by atoms with van der Waals surface area (Å²) in [4.78, 5) is 12.7. The van der Waals surface area contributed by atoms with Crippen LogP contribution in [-0.2, 0) is 10.0 Å². The zero-order valence-corrected chi connectivity index (χ0v) is 18.3. The molecule has 28 heavy (non-hydrogen) atoms. The SMILES string of the molecule is CC1CC(C)CN(S(=O)(=O)c2ccc(C(=O)NC3CCC(N)CC3)cc2)C1.Cl. The van der Waals surface area contributed by atoms with E-state index in [9.17, 15) is 13.2 Å². The number of hydrogen-bond donors (Lipinski definition) is 2. The summed E-state index contributed by atoms with van der Waals surface area (Å²) in [5.41, 5.74) is 6.39. The fourth-order valence-electron chi connectivity index (χ4n) is 4.26. The first-order chi connectivity index (χ1) is 12.8. The summed E-state index contributed by atoms with van der Waals surface area (Å²) >= 11 is 0. The number of amides is 1. The van der Waals surface area contributed by atoms with Crippen LogP contribution in [0.15, 0.2) is 29.2 Å². The number of piperidine rings is 1. The lowest BCUT2D eigenvalue weighted by Gasteiger charge is -2.34. The van der Waals surface area contributed by atoms with Gasteiger partial charge >= 0.3 is 0 Å². The predicted octanol–water partition coefficient (Wildman–Crippen LogP) is 2.77. The van der Waals surface area contributed by atoms with Crippen LogP contribution in [0, 0.1) is 11.8 Å². The third kappa shape index (κ3) is 5.47. The van der Waals surface area contributed by atoms with Crippen molar-refractivity contribution in [2.45, 2.75) is 62.9 Å². The number of hydrogen-bond acceptors (Lipinski definition) is 4. The topological polar surface area (TPSA) is 92.5 Å². The number of rotatable bonds is 4. The summed E-state index contributed by atoms with van der Waals surface area (Å²) < 4.78 is 27.4. The molecule has 2 unspecified atom stereocenters. The lowest BCUT2D eigenvalue weighted by molar-refractivity contribution is 0.0925. The Labute approximate surface area is 174 Å². The second-order valence-corrected chi connectivity index (χ2v) is 10.3. The molecule has 0 bridgehead atoms. The Hall–Kier alpha value is -1.15. The van der Waals surface area contributed by atoms with E-state index in [-0.39, 0.29) is 35.3 Å². The summed E-state index contributed by atoms with van der Waals surface area (Å²) in [5, 5.41) is 3.03. The summed E-state index contributed by atoms with van der Waals surface area (Å²) in [6, 6.07) is 6.69. The molecular weight excluding hydrogens is 398 g/mol. The summed E-state index contributed by atoms with van der Waals surface area (Å²) in [5.74, 6) is 0.564. The second-order valence-electron chi connectivity index (χ2n) is 8.38. The third-order valence-corrected chi connectivity index (χ3v) is 7.54. The first kappa shape index (κ1) is 23.1. The average Bonchev–Trinajstić information content (AvgIpc) is 2.63. The van der Waals surface area contributed by atoms with Gasteiger partial charge in [0, 0.05) is 30.7 Å². The van der Waals surface area contributed by atoms with E-state index in [0.717, 1.165) is 32.1 Å².